The number of carbonyl (C=O) groups excluding carboxylic acids is 2. The first kappa shape index (κ1) is 26.3. The molecule has 3 rings (SSSR count). The van der Waals surface area contributed by atoms with Crippen LogP contribution in [0, 0.1) is 11.8 Å². The lowest BCUT2D eigenvalue weighted by Gasteiger charge is -2.29. The number of amides is 2. The Labute approximate surface area is 210 Å². The zero-order valence-corrected chi connectivity index (χ0v) is 21.9. The normalized spacial score (nSPS) is 17.6. The number of nitrogens with one attached hydrogen (secondary N) is 2. The summed E-state index contributed by atoms with van der Waals surface area (Å²) in [5, 5.41) is 6.17. The molecule has 1 fully saturated rings. The summed E-state index contributed by atoms with van der Waals surface area (Å²) in [4.78, 5) is 27.6. The first-order valence-corrected chi connectivity index (χ1v) is 13.9. The molecule has 0 spiro atoms. The van der Waals surface area contributed by atoms with E-state index in [1.54, 1.807) is 37.7 Å². The number of ether oxygens (including phenoxy) is 2. The van der Waals surface area contributed by atoms with Crippen LogP contribution in [0.25, 0.3) is 0 Å². The highest BCUT2D eigenvalue weighted by atomic mass is 32.2. The fourth-order valence-electron chi connectivity index (χ4n) is 4.41. The van der Waals surface area contributed by atoms with Crippen LogP contribution in [0.15, 0.2) is 46.2 Å². The van der Waals surface area contributed by atoms with Crippen molar-refractivity contribution < 1.29 is 19.1 Å². The molecule has 6 nitrogen and oxygen atoms in total. The molecule has 0 radical (unpaired) electrons. The lowest BCUT2D eigenvalue weighted by molar-refractivity contribution is 0.0932. The molecule has 0 unspecified atom stereocenters. The number of hydrogen-bond donors (Lipinski definition) is 2. The topological polar surface area (TPSA) is 76.7 Å². The van der Waals surface area contributed by atoms with Crippen molar-refractivity contribution in [1.29, 1.82) is 0 Å². The molecule has 0 aliphatic heterocycles. The second-order valence-electron chi connectivity index (χ2n) is 8.45. The highest BCUT2D eigenvalue weighted by molar-refractivity contribution is 7.98. The summed E-state index contributed by atoms with van der Waals surface area (Å²) in [6.07, 6.45) is 8.22. The van der Waals surface area contributed by atoms with Crippen LogP contribution < -0.4 is 20.1 Å². The van der Waals surface area contributed by atoms with Crippen LogP contribution in [0.3, 0.4) is 0 Å². The van der Waals surface area contributed by atoms with Crippen molar-refractivity contribution >= 4 is 35.3 Å². The van der Waals surface area contributed by atoms with Crippen molar-refractivity contribution in [1.82, 2.24) is 10.6 Å². The van der Waals surface area contributed by atoms with E-state index >= 15 is 0 Å². The van der Waals surface area contributed by atoms with E-state index in [0.717, 1.165) is 35.5 Å². The molecule has 0 bridgehead atoms. The van der Waals surface area contributed by atoms with E-state index in [4.69, 9.17) is 9.47 Å². The minimum atomic E-state index is -0.110. The molecule has 2 amide bonds. The SMILES string of the molecule is COc1cc(SC)ccc1C(=O)NC[C@@H]1CCC[C@@H](CNC(=O)c2ccc(SC)cc2OC)C1. The molecule has 1 aliphatic rings. The van der Waals surface area contributed by atoms with E-state index in [-0.39, 0.29) is 11.8 Å². The molecule has 0 saturated heterocycles. The first-order chi connectivity index (χ1) is 16.5. The van der Waals surface area contributed by atoms with Crippen molar-refractivity contribution in [3.63, 3.8) is 0 Å². The maximum atomic E-state index is 12.8. The average molecular weight is 503 g/mol. The average Bonchev–Trinajstić information content (AvgIpc) is 2.89. The Bertz CT molecular complexity index is 921. The Balaban J connectivity index is 1.51. The smallest absolute Gasteiger partial charge is 0.255 e. The first-order valence-electron chi connectivity index (χ1n) is 11.5. The summed E-state index contributed by atoms with van der Waals surface area (Å²) < 4.78 is 10.8. The minimum Gasteiger partial charge on any atom is -0.496 e. The molecular formula is C26H34N2O4S2. The molecule has 8 heteroatoms. The minimum absolute atomic E-state index is 0.110. The number of rotatable bonds is 10. The van der Waals surface area contributed by atoms with Crippen LogP contribution in [0.4, 0.5) is 0 Å². The van der Waals surface area contributed by atoms with Gasteiger partial charge in [0.1, 0.15) is 11.5 Å². The molecule has 2 aromatic rings. The second kappa shape index (κ2) is 13.0. The Morgan fingerprint density at radius 1 is 0.824 bits per heavy atom. The highest BCUT2D eigenvalue weighted by Gasteiger charge is 2.24. The Kier molecular flexibility index (Phi) is 10.0. The van der Waals surface area contributed by atoms with Crippen molar-refractivity contribution in [2.75, 3.05) is 39.8 Å². The Hall–Kier alpha value is -2.32. The molecule has 1 saturated carbocycles. The van der Waals surface area contributed by atoms with E-state index in [1.807, 2.05) is 48.9 Å². The number of hydrogen-bond acceptors (Lipinski definition) is 6. The van der Waals surface area contributed by atoms with Crippen LogP contribution in [0.1, 0.15) is 46.4 Å². The fourth-order valence-corrected chi connectivity index (χ4v) is 5.27. The summed E-state index contributed by atoms with van der Waals surface area (Å²) in [5.41, 5.74) is 1.11. The second-order valence-corrected chi connectivity index (χ2v) is 10.2. The largest absolute Gasteiger partial charge is 0.496 e. The molecule has 1 aliphatic carbocycles. The maximum absolute atomic E-state index is 12.8. The fraction of sp³-hybridized carbons (Fsp3) is 0.462. The predicted molar refractivity (Wildman–Crippen MR) is 140 cm³/mol. The van der Waals surface area contributed by atoms with Crippen LogP contribution >= 0.6 is 23.5 Å². The van der Waals surface area contributed by atoms with Gasteiger partial charge in [0.25, 0.3) is 11.8 Å². The number of benzene rings is 2. The van der Waals surface area contributed by atoms with Crippen molar-refractivity contribution in [2.45, 2.75) is 35.5 Å². The van der Waals surface area contributed by atoms with Crippen molar-refractivity contribution in [3.05, 3.63) is 47.5 Å². The lowest BCUT2D eigenvalue weighted by Crippen LogP contribution is -2.35. The number of thioether (sulfide) groups is 2. The molecule has 0 heterocycles. The third-order valence-electron chi connectivity index (χ3n) is 6.30. The van der Waals surface area contributed by atoms with Gasteiger partial charge in [0.15, 0.2) is 0 Å². The van der Waals surface area contributed by atoms with Gasteiger partial charge in [-0.25, -0.2) is 0 Å². The zero-order valence-electron chi connectivity index (χ0n) is 20.3. The predicted octanol–water partition coefficient (Wildman–Crippen LogP) is 5.11. The summed E-state index contributed by atoms with van der Waals surface area (Å²) in [6, 6.07) is 11.3. The monoisotopic (exact) mass is 502 g/mol. The van der Waals surface area contributed by atoms with Gasteiger partial charge in [0, 0.05) is 22.9 Å². The van der Waals surface area contributed by atoms with E-state index in [0.29, 0.717) is 47.6 Å². The van der Waals surface area contributed by atoms with E-state index < -0.39 is 0 Å². The van der Waals surface area contributed by atoms with Gasteiger partial charge in [-0.15, -0.1) is 23.5 Å². The quantitative estimate of drug-likeness (QED) is 0.440. The molecule has 34 heavy (non-hydrogen) atoms. The van der Waals surface area contributed by atoms with Crippen LogP contribution in [-0.4, -0.2) is 51.6 Å². The third-order valence-corrected chi connectivity index (χ3v) is 7.75. The number of carbonyl (C=O) groups is 2. The summed E-state index contributed by atoms with van der Waals surface area (Å²) >= 11 is 3.23. The standard InChI is InChI=1S/C26H34N2O4S2/c1-31-23-13-19(33-3)8-10-21(23)25(29)27-15-17-6-5-7-18(12-17)16-28-26(30)22-11-9-20(34-4)14-24(22)32-2/h8-11,13-14,17-18H,5-7,12,15-16H2,1-4H3,(H,27,29)(H,28,30)/t17-,18-/m1/s1. The van der Waals surface area contributed by atoms with Gasteiger partial charge in [-0.05, 0) is 80.0 Å². The maximum Gasteiger partial charge on any atom is 0.255 e. The van der Waals surface area contributed by atoms with Crippen LogP contribution in [0.5, 0.6) is 11.5 Å². The van der Waals surface area contributed by atoms with Gasteiger partial charge >= 0.3 is 0 Å². The molecule has 0 aromatic heterocycles. The summed E-state index contributed by atoms with van der Waals surface area (Å²) in [6.45, 7) is 1.25. The van der Waals surface area contributed by atoms with Gasteiger partial charge < -0.3 is 20.1 Å². The van der Waals surface area contributed by atoms with E-state index in [1.165, 1.54) is 0 Å². The Morgan fingerprint density at radius 2 is 1.26 bits per heavy atom. The molecule has 184 valence electrons. The lowest BCUT2D eigenvalue weighted by atomic mass is 9.81. The third kappa shape index (κ3) is 6.85. The van der Waals surface area contributed by atoms with Gasteiger partial charge in [-0.2, -0.15) is 0 Å². The van der Waals surface area contributed by atoms with Gasteiger partial charge in [0.05, 0.1) is 25.3 Å². The molecular weight excluding hydrogens is 468 g/mol. The van der Waals surface area contributed by atoms with E-state index in [2.05, 4.69) is 10.6 Å². The summed E-state index contributed by atoms with van der Waals surface area (Å²) in [7, 11) is 3.17. The molecule has 2 N–H and O–H groups in total. The van der Waals surface area contributed by atoms with Crippen LogP contribution in [-0.2, 0) is 0 Å². The zero-order chi connectivity index (χ0) is 24.5. The van der Waals surface area contributed by atoms with Crippen LogP contribution in [0.2, 0.25) is 0 Å². The van der Waals surface area contributed by atoms with E-state index in [9.17, 15) is 9.59 Å². The van der Waals surface area contributed by atoms with Gasteiger partial charge in [-0.3, -0.25) is 9.59 Å². The van der Waals surface area contributed by atoms with Gasteiger partial charge in [-0.1, -0.05) is 6.42 Å². The summed E-state index contributed by atoms with van der Waals surface area (Å²) in [5.74, 6) is 1.75. The van der Waals surface area contributed by atoms with Crippen molar-refractivity contribution in [3.8, 4) is 11.5 Å². The molecule has 2 aromatic carbocycles. The van der Waals surface area contributed by atoms with Crippen molar-refractivity contribution in [2.24, 2.45) is 11.8 Å². The highest BCUT2D eigenvalue weighted by Crippen LogP contribution is 2.30. The number of methoxy groups -OCH3 is 2. The van der Waals surface area contributed by atoms with Gasteiger partial charge in [0.2, 0.25) is 0 Å². The molecule has 2 atom stereocenters. The Morgan fingerprint density at radius 3 is 1.65 bits per heavy atom.